The van der Waals surface area contributed by atoms with Crippen LogP contribution < -0.4 is 5.32 Å². The molecular formula is C14H20N4. The first kappa shape index (κ1) is 12.8. The molecule has 0 aromatic carbocycles. The van der Waals surface area contributed by atoms with E-state index in [9.17, 15) is 0 Å². The van der Waals surface area contributed by atoms with E-state index in [-0.39, 0.29) is 6.04 Å². The Morgan fingerprint density at radius 3 is 2.83 bits per heavy atom. The van der Waals surface area contributed by atoms with E-state index in [1.807, 2.05) is 29.2 Å². The van der Waals surface area contributed by atoms with Crippen molar-refractivity contribution in [3.8, 4) is 0 Å². The summed E-state index contributed by atoms with van der Waals surface area (Å²) >= 11 is 0. The summed E-state index contributed by atoms with van der Waals surface area (Å²) in [5, 5.41) is 7.83. The molecule has 4 heteroatoms. The van der Waals surface area contributed by atoms with Crippen LogP contribution in [0, 0.1) is 0 Å². The molecule has 0 spiro atoms. The van der Waals surface area contributed by atoms with Crippen LogP contribution >= 0.6 is 0 Å². The van der Waals surface area contributed by atoms with Gasteiger partial charge in [0.25, 0.3) is 0 Å². The average Bonchev–Trinajstić information content (AvgIpc) is 2.88. The summed E-state index contributed by atoms with van der Waals surface area (Å²) in [6.07, 6.45) is 6.79. The smallest absolute Gasteiger partial charge is 0.0537 e. The van der Waals surface area contributed by atoms with Crippen LogP contribution in [0.1, 0.15) is 31.1 Å². The Labute approximate surface area is 108 Å². The number of aryl methyl sites for hydroxylation is 1. The predicted molar refractivity (Wildman–Crippen MR) is 72.3 cm³/mol. The summed E-state index contributed by atoms with van der Waals surface area (Å²) in [5.74, 6) is 0. The lowest BCUT2D eigenvalue weighted by atomic mass is 10.1. The molecule has 0 aliphatic carbocycles. The fourth-order valence-electron chi connectivity index (χ4n) is 2.01. The molecule has 2 aromatic heterocycles. The van der Waals surface area contributed by atoms with Crippen molar-refractivity contribution in [3.05, 3.63) is 48.0 Å². The number of aromatic nitrogens is 3. The molecule has 0 aliphatic heterocycles. The minimum Gasteiger partial charge on any atom is -0.310 e. The monoisotopic (exact) mass is 244 g/mol. The number of nitrogens with zero attached hydrogens (tertiary/aromatic N) is 3. The van der Waals surface area contributed by atoms with Crippen LogP contribution in [0.4, 0.5) is 0 Å². The molecule has 0 amide bonds. The number of nitrogens with one attached hydrogen (secondary N) is 1. The molecule has 0 saturated carbocycles. The lowest BCUT2D eigenvalue weighted by molar-refractivity contribution is 0.543. The van der Waals surface area contributed by atoms with Gasteiger partial charge >= 0.3 is 0 Å². The van der Waals surface area contributed by atoms with Gasteiger partial charge in [-0.25, -0.2) is 0 Å². The topological polar surface area (TPSA) is 42.7 Å². The zero-order valence-corrected chi connectivity index (χ0v) is 11.0. The molecule has 18 heavy (non-hydrogen) atoms. The van der Waals surface area contributed by atoms with E-state index < -0.39 is 0 Å². The van der Waals surface area contributed by atoms with Crippen molar-refractivity contribution >= 4 is 0 Å². The van der Waals surface area contributed by atoms with Crippen molar-refractivity contribution in [3.63, 3.8) is 0 Å². The van der Waals surface area contributed by atoms with Crippen molar-refractivity contribution < 1.29 is 0 Å². The van der Waals surface area contributed by atoms with Gasteiger partial charge in [0.2, 0.25) is 0 Å². The maximum Gasteiger partial charge on any atom is 0.0537 e. The second kappa shape index (κ2) is 6.31. The predicted octanol–water partition coefficient (Wildman–Crippen LogP) is 2.19. The van der Waals surface area contributed by atoms with E-state index >= 15 is 0 Å². The van der Waals surface area contributed by atoms with Crippen molar-refractivity contribution in [2.75, 3.05) is 6.54 Å². The molecule has 96 valence electrons. The Bertz CT molecular complexity index is 464. The van der Waals surface area contributed by atoms with E-state index in [4.69, 9.17) is 0 Å². The maximum absolute atomic E-state index is 4.39. The molecule has 0 saturated heterocycles. The third kappa shape index (κ3) is 3.17. The number of hydrogen-bond acceptors (Lipinski definition) is 3. The van der Waals surface area contributed by atoms with Gasteiger partial charge in [-0.1, -0.05) is 13.0 Å². The lowest BCUT2D eigenvalue weighted by Gasteiger charge is -2.15. The highest BCUT2D eigenvalue weighted by atomic mass is 15.3. The molecule has 1 N–H and O–H groups in total. The van der Waals surface area contributed by atoms with Crippen molar-refractivity contribution in [2.45, 2.75) is 32.9 Å². The first-order chi connectivity index (χ1) is 8.83. The highest BCUT2D eigenvalue weighted by Crippen LogP contribution is 2.16. The van der Waals surface area contributed by atoms with Crippen LogP contribution in [0.5, 0.6) is 0 Å². The molecule has 0 bridgehead atoms. The zero-order chi connectivity index (χ0) is 12.8. The molecule has 1 atom stereocenters. The van der Waals surface area contributed by atoms with E-state index in [1.165, 1.54) is 5.56 Å². The average molecular weight is 244 g/mol. The van der Waals surface area contributed by atoms with Crippen molar-refractivity contribution in [1.82, 2.24) is 20.1 Å². The molecule has 0 fully saturated rings. The first-order valence-electron chi connectivity index (χ1n) is 6.49. The standard InChI is InChI=1S/C14H20N4/c1-3-15-14(9-13-7-5-6-8-16-13)12-10-17-18(4-2)11-12/h5-8,10-11,14-15H,3-4,9H2,1-2H3. The van der Waals surface area contributed by atoms with Gasteiger partial charge in [-0.05, 0) is 25.6 Å². The van der Waals surface area contributed by atoms with Gasteiger partial charge in [0, 0.05) is 42.7 Å². The van der Waals surface area contributed by atoms with Crippen LogP contribution in [0.3, 0.4) is 0 Å². The molecule has 0 radical (unpaired) electrons. The molecule has 0 aliphatic rings. The van der Waals surface area contributed by atoms with Crippen molar-refractivity contribution in [2.24, 2.45) is 0 Å². The summed E-state index contributed by atoms with van der Waals surface area (Å²) in [6, 6.07) is 6.32. The van der Waals surface area contributed by atoms with Crippen LogP contribution in [0.15, 0.2) is 36.8 Å². The van der Waals surface area contributed by atoms with Gasteiger partial charge in [-0.3, -0.25) is 9.67 Å². The Balaban J connectivity index is 2.12. The van der Waals surface area contributed by atoms with E-state index in [0.29, 0.717) is 0 Å². The summed E-state index contributed by atoms with van der Waals surface area (Å²) in [6.45, 7) is 6.06. The highest BCUT2D eigenvalue weighted by molar-refractivity contribution is 5.15. The van der Waals surface area contributed by atoms with Crippen molar-refractivity contribution in [1.29, 1.82) is 0 Å². The highest BCUT2D eigenvalue weighted by Gasteiger charge is 2.13. The largest absolute Gasteiger partial charge is 0.310 e. The third-order valence-corrected chi connectivity index (χ3v) is 2.97. The minimum atomic E-state index is 0.283. The van der Waals surface area contributed by atoms with Crippen LogP contribution in [-0.4, -0.2) is 21.3 Å². The number of hydrogen-bond donors (Lipinski definition) is 1. The quantitative estimate of drug-likeness (QED) is 0.847. The summed E-state index contributed by atoms with van der Waals surface area (Å²) in [5.41, 5.74) is 2.33. The van der Waals surface area contributed by atoms with Gasteiger partial charge < -0.3 is 5.32 Å². The third-order valence-electron chi connectivity index (χ3n) is 2.97. The summed E-state index contributed by atoms with van der Waals surface area (Å²) in [7, 11) is 0. The Morgan fingerprint density at radius 1 is 1.33 bits per heavy atom. The molecule has 2 rings (SSSR count). The normalized spacial score (nSPS) is 12.6. The Morgan fingerprint density at radius 2 is 2.22 bits per heavy atom. The fourth-order valence-corrected chi connectivity index (χ4v) is 2.01. The van der Waals surface area contributed by atoms with Crippen LogP contribution in [-0.2, 0) is 13.0 Å². The lowest BCUT2D eigenvalue weighted by Crippen LogP contribution is -2.23. The van der Waals surface area contributed by atoms with E-state index in [1.54, 1.807) is 0 Å². The SMILES string of the molecule is CCNC(Cc1ccccn1)c1cnn(CC)c1. The molecule has 2 heterocycles. The van der Waals surface area contributed by atoms with Gasteiger partial charge in [-0.2, -0.15) is 5.10 Å². The van der Waals surface area contributed by atoms with Gasteiger partial charge in [0.15, 0.2) is 0 Å². The second-order valence-corrected chi connectivity index (χ2v) is 4.26. The Kier molecular flexibility index (Phi) is 4.47. The van der Waals surface area contributed by atoms with Gasteiger partial charge in [0.05, 0.1) is 6.20 Å². The molecular weight excluding hydrogens is 224 g/mol. The number of likely N-dealkylation sites (N-methyl/N-ethyl adjacent to an activating group) is 1. The Hall–Kier alpha value is -1.68. The molecule has 1 unspecified atom stereocenters. The molecule has 4 nitrogen and oxygen atoms in total. The van der Waals surface area contributed by atoms with Gasteiger partial charge in [-0.15, -0.1) is 0 Å². The molecule has 2 aromatic rings. The zero-order valence-electron chi connectivity index (χ0n) is 11.0. The second-order valence-electron chi connectivity index (χ2n) is 4.26. The summed E-state index contributed by atoms with van der Waals surface area (Å²) in [4.78, 5) is 4.39. The van der Waals surface area contributed by atoms with E-state index in [0.717, 1.165) is 25.2 Å². The maximum atomic E-state index is 4.39. The van der Waals surface area contributed by atoms with Crippen LogP contribution in [0.25, 0.3) is 0 Å². The fraction of sp³-hybridized carbons (Fsp3) is 0.429. The number of pyridine rings is 1. The first-order valence-corrected chi connectivity index (χ1v) is 6.49. The minimum absolute atomic E-state index is 0.283. The summed E-state index contributed by atoms with van der Waals surface area (Å²) < 4.78 is 1.96. The van der Waals surface area contributed by atoms with E-state index in [2.05, 4.69) is 41.5 Å². The van der Waals surface area contributed by atoms with Crippen LogP contribution in [0.2, 0.25) is 0 Å². The number of rotatable bonds is 6. The van der Waals surface area contributed by atoms with Gasteiger partial charge in [0.1, 0.15) is 0 Å².